The lowest BCUT2D eigenvalue weighted by Crippen LogP contribution is -2.33. The van der Waals surface area contributed by atoms with Gasteiger partial charge < -0.3 is 0 Å². The van der Waals surface area contributed by atoms with Gasteiger partial charge in [0.25, 0.3) is 0 Å². The largest absolute Gasteiger partial charge is 0.0625 e. The zero-order chi connectivity index (χ0) is 12.5. The molecule has 0 saturated heterocycles. The molecule has 1 aromatic rings. The molecular weight excluding hydrogens is 204 g/mol. The van der Waals surface area contributed by atoms with E-state index in [1.165, 1.54) is 31.2 Å². The van der Waals surface area contributed by atoms with Crippen LogP contribution in [0.5, 0.6) is 0 Å². The van der Waals surface area contributed by atoms with Crippen LogP contribution in [0, 0.1) is 18.8 Å². The van der Waals surface area contributed by atoms with E-state index in [1.54, 1.807) is 5.56 Å². The molecule has 2 rings (SSSR count). The molecule has 0 heteroatoms. The van der Waals surface area contributed by atoms with Crippen LogP contribution in [-0.2, 0) is 5.41 Å². The smallest absolute Gasteiger partial charge is 0.00726 e. The maximum atomic E-state index is 2.44. The Morgan fingerprint density at radius 2 is 1.82 bits per heavy atom. The van der Waals surface area contributed by atoms with E-state index in [0.717, 1.165) is 11.8 Å². The first-order valence-electron chi connectivity index (χ1n) is 7.08. The molecule has 1 fully saturated rings. The number of benzene rings is 1. The number of aryl methyl sites for hydroxylation is 1. The van der Waals surface area contributed by atoms with Gasteiger partial charge in [-0.05, 0) is 48.1 Å². The molecule has 2 atom stereocenters. The molecule has 94 valence electrons. The summed E-state index contributed by atoms with van der Waals surface area (Å²) in [5.74, 6) is 1.77. The van der Waals surface area contributed by atoms with Gasteiger partial charge in [0.05, 0.1) is 0 Å². The quantitative estimate of drug-likeness (QED) is 0.663. The molecule has 0 amide bonds. The fraction of sp³-hybridized carbons (Fsp3) is 0.647. The molecule has 0 radical (unpaired) electrons. The Balaban J connectivity index is 2.26. The molecule has 0 aromatic heterocycles. The maximum Gasteiger partial charge on any atom is -0.00726 e. The summed E-state index contributed by atoms with van der Waals surface area (Å²) >= 11 is 0. The summed E-state index contributed by atoms with van der Waals surface area (Å²) in [6.07, 6.45) is 5.66. The SMILES string of the molecule is Cc1ccccc1C(C)(C)C1CCCC(C)C1. The van der Waals surface area contributed by atoms with E-state index in [1.807, 2.05) is 0 Å². The minimum atomic E-state index is 0.333. The highest BCUT2D eigenvalue weighted by Gasteiger charge is 2.34. The van der Waals surface area contributed by atoms with Gasteiger partial charge in [0, 0.05) is 0 Å². The Kier molecular flexibility index (Phi) is 3.61. The van der Waals surface area contributed by atoms with Crippen molar-refractivity contribution in [3.05, 3.63) is 35.4 Å². The summed E-state index contributed by atoms with van der Waals surface area (Å²) in [6, 6.07) is 8.92. The van der Waals surface area contributed by atoms with Crippen molar-refractivity contribution < 1.29 is 0 Å². The Morgan fingerprint density at radius 3 is 2.47 bits per heavy atom. The predicted octanol–water partition coefficient (Wildman–Crippen LogP) is 5.10. The fourth-order valence-electron chi connectivity index (χ4n) is 3.61. The topological polar surface area (TPSA) is 0 Å². The van der Waals surface area contributed by atoms with Crippen LogP contribution in [0.2, 0.25) is 0 Å². The third-order valence-electron chi connectivity index (χ3n) is 4.80. The average molecular weight is 230 g/mol. The molecule has 0 bridgehead atoms. The average Bonchev–Trinajstić information content (AvgIpc) is 2.29. The van der Waals surface area contributed by atoms with Crippen LogP contribution in [0.15, 0.2) is 24.3 Å². The van der Waals surface area contributed by atoms with E-state index in [-0.39, 0.29) is 0 Å². The van der Waals surface area contributed by atoms with Crippen molar-refractivity contribution >= 4 is 0 Å². The summed E-state index contributed by atoms with van der Waals surface area (Å²) in [5, 5.41) is 0. The molecule has 17 heavy (non-hydrogen) atoms. The lowest BCUT2D eigenvalue weighted by molar-refractivity contribution is 0.193. The third kappa shape index (κ3) is 2.56. The zero-order valence-corrected chi connectivity index (χ0v) is 11.8. The monoisotopic (exact) mass is 230 g/mol. The molecule has 1 aliphatic rings. The molecule has 0 aliphatic heterocycles. The van der Waals surface area contributed by atoms with Gasteiger partial charge in [-0.15, -0.1) is 0 Å². The third-order valence-corrected chi connectivity index (χ3v) is 4.80. The second kappa shape index (κ2) is 4.84. The van der Waals surface area contributed by atoms with Crippen molar-refractivity contribution in [3.8, 4) is 0 Å². The predicted molar refractivity (Wildman–Crippen MR) is 75.3 cm³/mol. The van der Waals surface area contributed by atoms with Crippen molar-refractivity contribution in [3.63, 3.8) is 0 Å². The van der Waals surface area contributed by atoms with Crippen LogP contribution in [-0.4, -0.2) is 0 Å². The van der Waals surface area contributed by atoms with Crippen molar-refractivity contribution in [2.45, 2.75) is 58.8 Å². The highest BCUT2D eigenvalue weighted by molar-refractivity contribution is 5.33. The minimum Gasteiger partial charge on any atom is -0.0625 e. The summed E-state index contributed by atoms with van der Waals surface area (Å²) in [6.45, 7) is 9.56. The Labute approximate surface area is 106 Å². The Morgan fingerprint density at radius 1 is 1.12 bits per heavy atom. The summed E-state index contributed by atoms with van der Waals surface area (Å²) in [7, 11) is 0. The van der Waals surface area contributed by atoms with Gasteiger partial charge in [-0.1, -0.05) is 57.9 Å². The number of hydrogen-bond acceptors (Lipinski definition) is 0. The number of hydrogen-bond donors (Lipinski definition) is 0. The van der Waals surface area contributed by atoms with Crippen LogP contribution in [0.1, 0.15) is 57.6 Å². The maximum absolute atomic E-state index is 2.44. The van der Waals surface area contributed by atoms with Crippen LogP contribution in [0.25, 0.3) is 0 Å². The molecule has 0 heterocycles. The summed E-state index contributed by atoms with van der Waals surface area (Å²) < 4.78 is 0. The summed E-state index contributed by atoms with van der Waals surface area (Å²) in [4.78, 5) is 0. The lowest BCUT2D eigenvalue weighted by Gasteiger charge is -2.40. The minimum absolute atomic E-state index is 0.333. The summed E-state index contributed by atoms with van der Waals surface area (Å²) in [5.41, 5.74) is 3.34. The molecule has 1 saturated carbocycles. The van der Waals surface area contributed by atoms with Crippen LogP contribution in [0.4, 0.5) is 0 Å². The zero-order valence-electron chi connectivity index (χ0n) is 11.8. The van der Waals surface area contributed by atoms with Crippen LogP contribution in [0.3, 0.4) is 0 Å². The first-order chi connectivity index (χ1) is 8.01. The first-order valence-corrected chi connectivity index (χ1v) is 7.08. The molecule has 0 N–H and O–H groups in total. The van der Waals surface area contributed by atoms with E-state index < -0.39 is 0 Å². The van der Waals surface area contributed by atoms with E-state index in [4.69, 9.17) is 0 Å². The first kappa shape index (κ1) is 12.7. The van der Waals surface area contributed by atoms with Crippen LogP contribution < -0.4 is 0 Å². The van der Waals surface area contributed by atoms with Gasteiger partial charge >= 0.3 is 0 Å². The van der Waals surface area contributed by atoms with Crippen molar-refractivity contribution in [2.24, 2.45) is 11.8 Å². The molecule has 2 unspecified atom stereocenters. The highest BCUT2D eigenvalue weighted by Crippen LogP contribution is 2.43. The Bertz CT molecular complexity index is 375. The second-order valence-corrected chi connectivity index (χ2v) is 6.51. The standard InChI is InChI=1S/C17H26/c1-13-8-7-10-15(12-13)17(3,4)16-11-6-5-9-14(16)2/h5-6,9,11,13,15H,7-8,10,12H2,1-4H3. The van der Waals surface area contributed by atoms with Crippen LogP contribution >= 0.6 is 0 Å². The molecule has 1 aromatic carbocycles. The molecular formula is C17H26. The molecule has 1 aliphatic carbocycles. The van der Waals surface area contributed by atoms with Gasteiger partial charge in [-0.2, -0.15) is 0 Å². The van der Waals surface area contributed by atoms with E-state index in [2.05, 4.69) is 52.0 Å². The Hall–Kier alpha value is -0.780. The second-order valence-electron chi connectivity index (χ2n) is 6.51. The fourth-order valence-corrected chi connectivity index (χ4v) is 3.61. The van der Waals surface area contributed by atoms with Crippen molar-refractivity contribution in [1.82, 2.24) is 0 Å². The molecule has 0 nitrogen and oxygen atoms in total. The van der Waals surface area contributed by atoms with Crippen molar-refractivity contribution in [2.75, 3.05) is 0 Å². The lowest BCUT2D eigenvalue weighted by atomic mass is 9.65. The normalized spacial score (nSPS) is 25.9. The van der Waals surface area contributed by atoms with Gasteiger partial charge in [0.1, 0.15) is 0 Å². The van der Waals surface area contributed by atoms with Gasteiger partial charge in [0.15, 0.2) is 0 Å². The molecule has 0 spiro atoms. The number of rotatable bonds is 2. The van der Waals surface area contributed by atoms with Gasteiger partial charge in [0.2, 0.25) is 0 Å². The van der Waals surface area contributed by atoms with E-state index in [0.29, 0.717) is 5.41 Å². The van der Waals surface area contributed by atoms with E-state index >= 15 is 0 Å². The van der Waals surface area contributed by atoms with Gasteiger partial charge in [-0.3, -0.25) is 0 Å². The van der Waals surface area contributed by atoms with E-state index in [9.17, 15) is 0 Å². The highest BCUT2D eigenvalue weighted by atomic mass is 14.4. The van der Waals surface area contributed by atoms with Crippen molar-refractivity contribution in [1.29, 1.82) is 0 Å². The van der Waals surface area contributed by atoms with Gasteiger partial charge in [-0.25, -0.2) is 0 Å².